The second kappa shape index (κ2) is 4.49. The predicted molar refractivity (Wildman–Crippen MR) is 92.7 cm³/mol. The van der Waals surface area contributed by atoms with Gasteiger partial charge in [0.25, 0.3) is 0 Å². The van der Waals surface area contributed by atoms with Crippen molar-refractivity contribution >= 4 is 54.9 Å². The number of halogens is 1. The molecule has 0 radical (unpaired) electrons. The number of rotatable bonds is 0. The van der Waals surface area contributed by atoms with E-state index >= 15 is 0 Å². The minimum Gasteiger partial charge on any atom is -0.288 e. The Morgan fingerprint density at radius 2 is 1.65 bits per heavy atom. The topological polar surface area (TPSA) is 30.0 Å². The first-order valence-electron chi connectivity index (χ1n) is 6.15. The molecule has 0 saturated heterocycles. The molecule has 0 aromatic heterocycles. The largest absolute Gasteiger partial charge is 0.288 e. The minimum atomic E-state index is 0.0991. The van der Waals surface area contributed by atoms with Crippen LogP contribution >= 0.6 is 33.9 Å². The highest BCUT2D eigenvalue weighted by Crippen LogP contribution is 2.36. The van der Waals surface area contributed by atoms with Crippen molar-refractivity contribution in [1.82, 2.24) is 4.98 Å². The lowest BCUT2D eigenvalue weighted by molar-refractivity contribution is 1.43. The first-order valence-corrected chi connectivity index (χ1v) is 8.05. The van der Waals surface area contributed by atoms with Gasteiger partial charge in [-0.25, -0.2) is 4.98 Å². The minimum absolute atomic E-state index is 0.0991. The molecule has 2 aromatic carbocycles. The van der Waals surface area contributed by atoms with Crippen LogP contribution in [0, 0.1) is 3.57 Å². The van der Waals surface area contributed by atoms with E-state index in [0.29, 0.717) is 0 Å². The van der Waals surface area contributed by atoms with Crippen LogP contribution in [-0.2, 0) is 0 Å². The quantitative estimate of drug-likeness (QED) is 0.252. The van der Waals surface area contributed by atoms with Crippen molar-refractivity contribution in [3.05, 3.63) is 62.3 Å². The number of hydrogen-bond acceptors (Lipinski definition) is 3. The SMILES string of the molecule is O=c1c(I)c2sc3ccccc3nc-2c2ccccc12. The van der Waals surface area contributed by atoms with Gasteiger partial charge in [0, 0.05) is 10.8 Å². The van der Waals surface area contributed by atoms with Crippen LogP contribution in [0.2, 0.25) is 0 Å². The first kappa shape index (κ1) is 12.2. The summed E-state index contributed by atoms with van der Waals surface area (Å²) in [6, 6.07) is 15.7. The Bertz CT molecular complexity index is 992. The molecule has 1 aliphatic heterocycles. The highest BCUT2D eigenvalue weighted by Gasteiger charge is 2.18. The summed E-state index contributed by atoms with van der Waals surface area (Å²) in [5, 5.41) is 1.69. The summed E-state index contributed by atoms with van der Waals surface area (Å²) in [6.07, 6.45) is 0. The molecule has 0 amide bonds. The number of aromatic nitrogens is 1. The predicted octanol–water partition coefficient (Wildman–Crippen LogP) is 4.52. The summed E-state index contributed by atoms with van der Waals surface area (Å²) >= 11 is 3.78. The zero-order chi connectivity index (χ0) is 13.7. The van der Waals surface area contributed by atoms with E-state index in [1.807, 2.05) is 48.5 Å². The molecule has 2 nitrogen and oxygen atoms in total. The molecule has 1 heterocycles. The maximum absolute atomic E-state index is 12.4. The van der Waals surface area contributed by atoms with Crippen LogP contribution in [0.5, 0.6) is 0 Å². The Hall–Kier alpha value is -1.53. The molecule has 0 bridgehead atoms. The van der Waals surface area contributed by atoms with Crippen LogP contribution in [0.4, 0.5) is 0 Å². The fraction of sp³-hybridized carbons (Fsp3) is 0. The molecule has 4 heteroatoms. The van der Waals surface area contributed by atoms with Crippen LogP contribution in [0.25, 0.3) is 31.6 Å². The van der Waals surface area contributed by atoms with Gasteiger partial charge in [0.15, 0.2) is 0 Å². The molecule has 0 unspecified atom stereocenters. The van der Waals surface area contributed by atoms with Gasteiger partial charge in [0.1, 0.15) is 0 Å². The number of nitrogens with zero attached hydrogens (tertiary/aromatic N) is 1. The Labute approximate surface area is 132 Å². The molecule has 96 valence electrons. The molecular weight excluding hydrogens is 381 g/mol. The van der Waals surface area contributed by atoms with Gasteiger partial charge in [-0.15, -0.1) is 11.3 Å². The van der Waals surface area contributed by atoms with E-state index in [2.05, 4.69) is 22.6 Å². The van der Waals surface area contributed by atoms with E-state index in [9.17, 15) is 4.79 Å². The summed E-state index contributed by atoms with van der Waals surface area (Å²) in [7, 11) is 0. The third-order valence-electron chi connectivity index (χ3n) is 3.35. The molecule has 0 fully saturated rings. The zero-order valence-corrected chi connectivity index (χ0v) is 13.2. The van der Waals surface area contributed by atoms with E-state index in [-0.39, 0.29) is 5.43 Å². The average molecular weight is 389 g/mol. The maximum atomic E-state index is 12.4. The van der Waals surface area contributed by atoms with Crippen LogP contribution in [0.15, 0.2) is 53.3 Å². The van der Waals surface area contributed by atoms with Crippen molar-refractivity contribution in [1.29, 1.82) is 0 Å². The standard InChI is InChI=1S/C16H8INOS/c17-13-15(19)10-6-2-1-5-9(10)14-16(13)20-12-8-4-3-7-11(12)18-14/h1-8H. The molecule has 0 atom stereocenters. The van der Waals surface area contributed by atoms with Crippen molar-refractivity contribution in [3.8, 4) is 10.6 Å². The summed E-state index contributed by atoms with van der Waals surface area (Å²) in [5.41, 5.74) is 2.00. The van der Waals surface area contributed by atoms with Crippen molar-refractivity contribution < 1.29 is 0 Å². The van der Waals surface area contributed by atoms with Gasteiger partial charge in [-0.05, 0) is 34.7 Å². The van der Waals surface area contributed by atoms with Crippen molar-refractivity contribution in [2.75, 3.05) is 0 Å². The third-order valence-corrected chi connectivity index (χ3v) is 5.91. The van der Waals surface area contributed by atoms with Crippen LogP contribution < -0.4 is 5.43 Å². The van der Waals surface area contributed by atoms with Gasteiger partial charge >= 0.3 is 0 Å². The van der Waals surface area contributed by atoms with Crippen LogP contribution in [-0.4, -0.2) is 4.98 Å². The Morgan fingerprint density at radius 1 is 0.950 bits per heavy atom. The lowest BCUT2D eigenvalue weighted by Gasteiger charge is -2.11. The Balaban J connectivity index is 2.34. The van der Waals surface area contributed by atoms with Gasteiger partial charge in [0.05, 0.1) is 24.4 Å². The lowest BCUT2D eigenvalue weighted by Crippen LogP contribution is -2.09. The lowest BCUT2D eigenvalue weighted by atomic mass is 10.1. The van der Waals surface area contributed by atoms with Gasteiger partial charge in [0.2, 0.25) is 5.43 Å². The van der Waals surface area contributed by atoms with Gasteiger partial charge in [-0.1, -0.05) is 36.4 Å². The van der Waals surface area contributed by atoms with Crippen LogP contribution in [0.1, 0.15) is 0 Å². The summed E-state index contributed by atoms with van der Waals surface area (Å²) < 4.78 is 1.87. The molecule has 20 heavy (non-hydrogen) atoms. The maximum Gasteiger partial charge on any atom is 0.201 e. The highest BCUT2D eigenvalue weighted by molar-refractivity contribution is 14.1. The summed E-state index contributed by atoms with van der Waals surface area (Å²) in [6.45, 7) is 0. The van der Waals surface area contributed by atoms with Crippen molar-refractivity contribution in [3.63, 3.8) is 0 Å². The second-order valence-corrected chi connectivity index (χ2v) is 6.68. The molecule has 0 saturated carbocycles. The monoisotopic (exact) mass is 389 g/mol. The highest BCUT2D eigenvalue weighted by atomic mass is 127. The zero-order valence-electron chi connectivity index (χ0n) is 10.3. The molecular formula is C16H8INOS. The van der Waals surface area contributed by atoms with E-state index in [1.165, 1.54) is 0 Å². The summed E-state index contributed by atoms with van der Waals surface area (Å²) in [5.74, 6) is 0. The smallest absolute Gasteiger partial charge is 0.201 e. The number of fused-ring (bicyclic) bond motifs is 4. The van der Waals surface area contributed by atoms with E-state index in [0.717, 1.165) is 35.1 Å². The fourth-order valence-electron chi connectivity index (χ4n) is 2.41. The van der Waals surface area contributed by atoms with E-state index in [4.69, 9.17) is 4.98 Å². The molecule has 1 aliphatic carbocycles. The van der Waals surface area contributed by atoms with E-state index in [1.54, 1.807) is 11.3 Å². The van der Waals surface area contributed by atoms with Crippen molar-refractivity contribution in [2.24, 2.45) is 0 Å². The normalized spacial score (nSPS) is 11.4. The summed E-state index contributed by atoms with van der Waals surface area (Å²) in [4.78, 5) is 18.2. The van der Waals surface area contributed by atoms with Gasteiger partial charge < -0.3 is 0 Å². The molecule has 2 aromatic rings. The average Bonchev–Trinajstić information content (AvgIpc) is 2.51. The second-order valence-electron chi connectivity index (χ2n) is 4.55. The van der Waals surface area contributed by atoms with E-state index < -0.39 is 0 Å². The Kier molecular flexibility index (Phi) is 2.75. The van der Waals surface area contributed by atoms with Crippen molar-refractivity contribution in [2.45, 2.75) is 0 Å². The molecule has 0 N–H and O–H groups in total. The molecule has 4 rings (SSSR count). The third kappa shape index (κ3) is 1.68. The molecule has 2 aliphatic rings. The number of para-hydroxylation sites is 1. The number of hydrogen-bond donors (Lipinski definition) is 0. The van der Waals surface area contributed by atoms with Gasteiger partial charge in [-0.3, -0.25) is 4.79 Å². The molecule has 0 spiro atoms. The first-order chi connectivity index (χ1) is 9.75. The van der Waals surface area contributed by atoms with Gasteiger partial charge in [-0.2, -0.15) is 0 Å². The Morgan fingerprint density at radius 3 is 2.50 bits per heavy atom. The van der Waals surface area contributed by atoms with Crippen LogP contribution in [0.3, 0.4) is 0 Å². The number of benzene rings is 3. The fourth-order valence-corrected chi connectivity index (χ4v) is 4.30.